The molecule has 0 aliphatic rings. The number of carbonyl (C=O) groups excluding carboxylic acids is 1. The van der Waals surface area contributed by atoms with Gasteiger partial charge in [-0.2, -0.15) is 5.26 Å². The summed E-state index contributed by atoms with van der Waals surface area (Å²) in [5, 5.41) is 11.4. The molecule has 3 aromatic rings. The molecule has 3 nitrogen and oxygen atoms in total. The van der Waals surface area contributed by atoms with E-state index in [0.717, 1.165) is 22.1 Å². The van der Waals surface area contributed by atoms with Crippen molar-refractivity contribution in [2.75, 3.05) is 7.11 Å². The van der Waals surface area contributed by atoms with Crippen LogP contribution in [0, 0.1) is 11.3 Å². The monoisotopic (exact) mass is 313 g/mol. The molecule has 0 unspecified atom stereocenters. The maximum absolute atomic E-state index is 12.4. The van der Waals surface area contributed by atoms with Crippen molar-refractivity contribution in [1.29, 1.82) is 5.26 Å². The normalized spacial score (nSPS) is 11.1. The standard InChI is InChI=1S/C21H15NO2/c1-24-20-10-9-17-11-15(7-8-18(17)13-20)12-19(14-22)21(23)16-5-3-2-4-6-16/h2-13H,1H3/b19-12+. The second-order valence-electron chi connectivity index (χ2n) is 5.34. The summed E-state index contributed by atoms with van der Waals surface area (Å²) in [5.41, 5.74) is 1.44. The molecule has 0 atom stereocenters. The zero-order valence-corrected chi connectivity index (χ0v) is 13.2. The Morgan fingerprint density at radius 2 is 1.71 bits per heavy atom. The zero-order valence-electron chi connectivity index (χ0n) is 13.2. The Labute approximate surface area is 140 Å². The Morgan fingerprint density at radius 3 is 2.42 bits per heavy atom. The summed E-state index contributed by atoms with van der Waals surface area (Å²) in [7, 11) is 1.63. The van der Waals surface area contributed by atoms with Crippen molar-refractivity contribution in [2.24, 2.45) is 0 Å². The van der Waals surface area contributed by atoms with Gasteiger partial charge >= 0.3 is 0 Å². The third-order valence-electron chi connectivity index (χ3n) is 3.78. The highest BCUT2D eigenvalue weighted by atomic mass is 16.5. The molecule has 3 rings (SSSR count). The van der Waals surface area contributed by atoms with Gasteiger partial charge in [0.15, 0.2) is 0 Å². The Balaban J connectivity index is 1.98. The zero-order chi connectivity index (χ0) is 16.9. The van der Waals surface area contributed by atoms with E-state index in [0.29, 0.717) is 5.56 Å². The van der Waals surface area contributed by atoms with Crippen LogP contribution in [0.15, 0.2) is 72.3 Å². The topological polar surface area (TPSA) is 50.1 Å². The van der Waals surface area contributed by atoms with Gasteiger partial charge in [0, 0.05) is 5.56 Å². The van der Waals surface area contributed by atoms with Gasteiger partial charge in [-0.1, -0.05) is 48.5 Å². The lowest BCUT2D eigenvalue weighted by atomic mass is 10.0. The first-order valence-corrected chi connectivity index (χ1v) is 7.50. The summed E-state index contributed by atoms with van der Waals surface area (Å²) in [5.74, 6) is 0.524. The number of hydrogen-bond acceptors (Lipinski definition) is 3. The number of carbonyl (C=O) groups is 1. The minimum atomic E-state index is -0.270. The summed E-state index contributed by atoms with van der Waals surface area (Å²) >= 11 is 0. The largest absolute Gasteiger partial charge is 0.497 e. The highest BCUT2D eigenvalue weighted by Crippen LogP contribution is 2.23. The van der Waals surface area contributed by atoms with Gasteiger partial charge in [-0.15, -0.1) is 0 Å². The molecule has 3 heteroatoms. The van der Waals surface area contributed by atoms with Crippen molar-refractivity contribution in [1.82, 2.24) is 0 Å². The van der Waals surface area contributed by atoms with E-state index >= 15 is 0 Å². The number of nitrogens with zero attached hydrogens (tertiary/aromatic N) is 1. The smallest absolute Gasteiger partial charge is 0.203 e. The third kappa shape index (κ3) is 3.18. The Bertz CT molecular complexity index is 966. The minimum Gasteiger partial charge on any atom is -0.497 e. The minimum absolute atomic E-state index is 0.120. The molecule has 0 radical (unpaired) electrons. The fourth-order valence-electron chi connectivity index (χ4n) is 2.52. The van der Waals surface area contributed by atoms with E-state index in [-0.39, 0.29) is 11.4 Å². The third-order valence-corrected chi connectivity index (χ3v) is 3.78. The fraction of sp³-hybridized carbons (Fsp3) is 0.0476. The maximum atomic E-state index is 12.4. The van der Waals surface area contributed by atoms with Crippen molar-refractivity contribution < 1.29 is 9.53 Å². The predicted octanol–water partition coefficient (Wildman–Crippen LogP) is 4.64. The molecule has 0 fully saturated rings. The Hall–Kier alpha value is -3.38. The highest BCUT2D eigenvalue weighted by Gasteiger charge is 2.11. The molecular weight excluding hydrogens is 298 g/mol. The summed E-state index contributed by atoms with van der Waals surface area (Å²) in [6.45, 7) is 0. The van der Waals surface area contributed by atoms with Gasteiger partial charge in [-0.25, -0.2) is 0 Å². The Morgan fingerprint density at radius 1 is 1.00 bits per heavy atom. The van der Waals surface area contributed by atoms with Gasteiger partial charge in [-0.05, 0) is 40.6 Å². The molecule has 0 amide bonds. The van der Waals surface area contributed by atoms with Crippen molar-refractivity contribution in [3.8, 4) is 11.8 Å². The van der Waals surface area contributed by atoms with E-state index in [4.69, 9.17) is 4.74 Å². The molecule has 0 saturated heterocycles. The van der Waals surface area contributed by atoms with E-state index in [1.807, 2.05) is 48.5 Å². The van der Waals surface area contributed by atoms with Gasteiger partial charge < -0.3 is 4.74 Å². The van der Waals surface area contributed by atoms with Crippen LogP contribution in [0.4, 0.5) is 0 Å². The summed E-state index contributed by atoms with van der Waals surface area (Å²) in [4.78, 5) is 12.4. The number of ether oxygens (including phenoxy) is 1. The number of methoxy groups -OCH3 is 1. The predicted molar refractivity (Wildman–Crippen MR) is 94.9 cm³/mol. The van der Waals surface area contributed by atoms with E-state index < -0.39 is 0 Å². The van der Waals surface area contributed by atoms with E-state index in [9.17, 15) is 10.1 Å². The highest BCUT2D eigenvalue weighted by molar-refractivity contribution is 6.14. The number of hydrogen-bond donors (Lipinski definition) is 0. The van der Waals surface area contributed by atoms with Gasteiger partial charge in [-0.3, -0.25) is 4.79 Å². The van der Waals surface area contributed by atoms with Crippen LogP contribution >= 0.6 is 0 Å². The van der Waals surface area contributed by atoms with Gasteiger partial charge in [0.05, 0.1) is 7.11 Å². The fourth-order valence-corrected chi connectivity index (χ4v) is 2.52. The summed E-state index contributed by atoms with van der Waals surface area (Å²) in [6, 6.07) is 22.4. The van der Waals surface area contributed by atoms with Crippen LogP contribution in [-0.4, -0.2) is 12.9 Å². The number of rotatable bonds is 4. The maximum Gasteiger partial charge on any atom is 0.203 e. The molecule has 0 aliphatic heterocycles. The molecule has 0 aliphatic carbocycles. The lowest BCUT2D eigenvalue weighted by Crippen LogP contribution is -2.01. The van der Waals surface area contributed by atoms with Crippen molar-refractivity contribution >= 4 is 22.6 Å². The summed E-state index contributed by atoms with van der Waals surface area (Å²) in [6.07, 6.45) is 1.62. The van der Waals surface area contributed by atoms with Gasteiger partial charge in [0.1, 0.15) is 17.4 Å². The van der Waals surface area contributed by atoms with Crippen molar-refractivity contribution in [2.45, 2.75) is 0 Å². The van der Waals surface area contributed by atoms with Crippen LogP contribution in [0.3, 0.4) is 0 Å². The molecule has 24 heavy (non-hydrogen) atoms. The molecule has 0 heterocycles. The number of fused-ring (bicyclic) bond motifs is 1. The van der Waals surface area contributed by atoms with Crippen molar-refractivity contribution in [3.05, 3.63) is 83.4 Å². The lowest BCUT2D eigenvalue weighted by Gasteiger charge is -2.04. The number of Topliss-reactive ketones (excluding diaryl/α,β-unsaturated/α-hetero) is 1. The molecule has 0 aromatic heterocycles. The Kier molecular flexibility index (Phi) is 4.40. The molecule has 0 bridgehead atoms. The summed E-state index contributed by atoms with van der Waals surface area (Å²) < 4.78 is 5.22. The second-order valence-corrected chi connectivity index (χ2v) is 5.34. The molecule has 116 valence electrons. The molecular formula is C21H15NO2. The average Bonchev–Trinajstić information content (AvgIpc) is 2.65. The average molecular weight is 313 g/mol. The quantitative estimate of drug-likeness (QED) is 0.400. The first-order valence-electron chi connectivity index (χ1n) is 7.50. The van der Waals surface area contributed by atoms with Gasteiger partial charge in [0.2, 0.25) is 5.78 Å². The van der Waals surface area contributed by atoms with Crippen LogP contribution in [0.1, 0.15) is 15.9 Å². The molecule has 0 spiro atoms. The molecule has 0 N–H and O–H groups in total. The number of benzene rings is 3. The van der Waals surface area contributed by atoms with Crippen LogP contribution in [0.25, 0.3) is 16.8 Å². The first kappa shape index (κ1) is 15.5. The number of allylic oxidation sites excluding steroid dienone is 1. The van der Waals surface area contributed by atoms with E-state index in [1.54, 1.807) is 37.5 Å². The SMILES string of the molecule is COc1ccc2cc(/C=C(\C#N)C(=O)c3ccccc3)ccc2c1. The van der Waals surface area contributed by atoms with Crippen LogP contribution in [0.2, 0.25) is 0 Å². The molecule has 3 aromatic carbocycles. The molecule has 0 saturated carbocycles. The number of nitriles is 1. The van der Waals surface area contributed by atoms with E-state index in [1.165, 1.54) is 0 Å². The first-order chi connectivity index (χ1) is 11.7. The lowest BCUT2D eigenvalue weighted by molar-refractivity contribution is 0.104. The van der Waals surface area contributed by atoms with Crippen LogP contribution in [-0.2, 0) is 0 Å². The van der Waals surface area contributed by atoms with Crippen molar-refractivity contribution in [3.63, 3.8) is 0 Å². The van der Waals surface area contributed by atoms with Gasteiger partial charge in [0.25, 0.3) is 0 Å². The van der Waals surface area contributed by atoms with E-state index in [2.05, 4.69) is 0 Å². The van der Waals surface area contributed by atoms with Crippen LogP contribution in [0.5, 0.6) is 5.75 Å². The number of ketones is 1. The second kappa shape index (κ2) is 6.80. The van der Waals surface area contributed by atoms with Crippen LogP contribution < -0.4 is 4.74 Å².